The molecule has 0 saturated carbocycles. The maximum atomic E-state index is 12.4. The van der Waals surface area contributed by atoms with Crippen LogP contribution >= 0.6 is 23.1 Å². The molecule has 0 bridgehead atoms. The maximum absolute atomic E-state index is 12.4. The molecule has 2 heterocycles. The summed E-state index contributed by atoms with van der Waals surface area (Å²) in [6.07, 6.45) is 5.80. The highest BCUT2D eigenvalue weighted by atomic mass is 32.2. The molecule has 1 aliphatic carbocycles. The average molecular weight is 379 g/mol. The molecule has 136 valence electrons. The molecule has 0 spiro atoms. The Morgan fingerprint density at radius 2 is 2.24 bits per heavy atom. The molecule has 2 atom stereocenters. The van der Waals surface area contributed by atoms with Gasteiger partial charge in [0.1, 0.15) is 21.4 Å². The van der Waals surface area contributed by atoms with Crippen LogP contribution in [0.5, 0.6) is 0 Å². The quantitative estimate of drug-likeness (QED) is 0.407. The number of carbonyl (C=O) groups excluding carboxylic acids is 1. The SMILES string of the molecule is CCC(Sc1ncnc2sc3c(c12)CCC(C)C3)C(=O)OCC(C)C. The minimum absolute atomic E-state index is 0.134. The van der Waals surface area contributed by atoms with Crippen LogP contribution < -0.4 is 0 Å². The second kappa shape index (κ2) is 8.04. The normalized spacial score (nSPS) is 18.4. The van der Waals surface area contributed by atoms with Gasteiger partial charge in [0.2, 0.25) is 0 Å². The van der Waals surface area contributed by atoms with Crippen molar-refractivity contribution in [1.82, 2.24) is 9.97 Å². The fourth-order valence-corrected chi connectivity index (χ4v) is 5.57. The summed E-state index contributed by atoms with van der Waals surface area (Å²) in [6, 6.07) is 0. The lowest BCUT2D eigenvalue weighted by Crippen LogP contribution is -2.21. The summed E-state index contributed by atoms with van der Waals surface area (Å²) in [5.74, 6) is 0.952. The Kier molecular flexibility index (Phi) is 6.00. The first-order valence-electron chi connectivity index (χ1n) is 9.08. The predicted molar refractivity (Wildman–Crippen MR) is 104 cm³/mol. The van der Waals surface area contributed by atoms with Gasteiger partial charge < -0.3 is 4.74 Å². The number of thioether (sulfide) groups is 1. The van der Waals surface area contributed by atoms with Crippen LogP contribution in [-0.2, 0) is 22.4 Å². The summed E-state index contributed by atoms with van der Waals surface area (Å²) in [5.41, 5.74) is 1.41. The Hall–Kier alpha value is -1.14. The highest BCUT2D eigenvalue weighted by Gasteiger charge is 2.26. The summed E-state index contributed by atoms with van der Waals surface area (Å²) in [7, 11) is 0. The van der Waals surface area contributed by atoms with E-state index >= 15 is 0 Å². The first-order chi connectivity index (χ1) is 12.0. The lowest BCUT2D eigenvalue weighted by molar-refractivity contribution is -0.144. The lowest BCUT2D eigenvalue weighted by Gasteiger charge is -2.19. The summed E-state index contributed by atoms with van der Waals surface area (Å²) in [4.78, 5) is 23.9. The molecule has 6 heteroatoms. The zero-order valence-corrected chi connectivity index (χ0v) is 17.0. The van der Waals surface area contributed by atoms with Crippen molar-refractivity contribution in [3.05, 3.63) is 16.8 Å². The average Bonchev–Trinajstić information content (AvgIpc) is 2.95. The minimum atomic E-state index is -0.213. The Morgan fingerprint density at radius 1 is 1.44 bits per heavy atom. The van der Waals surface area contributed by atoms with Gasteiger partial charge in [-0.3, -0.25) is 4.79 Å². The molecule has 0 aromatic carbocycles. The maximum Gasteiger partial charge on any atom is 0.319 e. The molecule has 2 unspecified atom stereocenters. The van der Waals surface area contributed by atoms with E-state index in [2.05, 4.69) is 16.9 Å². The minimum Gasteiger partial charge on any atom is -0.465 e. The zero-order chi connectivity index (χ0) is 18.0. The first kappa shape index (κ1) is 18.6. The monoisotopic (exact) mass is 378 g/mol. The number of nitrogens with zero attached hydrogens (tertiary/aromatic N) is 2. The number of thiophene rings is 1. The summed E-state index contributed by atoms with van der Waals surface area (Å²) < 4.78 is 5.45. The van der Waals surface area contributed by atoms with Crippen molar-refractivity contribution in [2.45, 2.75) is 63.7 Å². The van der Waals surface area contributed by atoms with E-state index in [-0.39, 0.29) is 11.2 Å². The highest BCUT2D eigenvalue weighted by Crippen LogP contribution is 2.41. The van der Waals surface area contributed by atoms with Crippen LogP contribution in [0.1, 0.15) is 51.0 Å². The summed E-state index contributed by atoms with van der Waals surface area (Å²) >= 11 is 3.33. The molecule has 3 rings (SSSR count). The van der Waals surface area contributed by atoms with Gasteiger partial charge in [-0.2, -0.15) is 0 Å². The third-order valence-electron chi connectivity index (χ3n) is 4.50. The molecule has 0 radical (unpaired) electrons. The molecule has 1 aliphatic rings. The highest BCUT2D eigenvalue weighted by molar-refractivity contribution is 8.00. The van der Waals surface area contributed by atoms with E-state index in [1.54, 1.807) is 17.7 Å². The van der Waals surface area contributed by atoms with Gasteiger partial charge in [-0.25, -0.2) is 9.97 Å². The summed E-state index contributed by atoms with van der Waals surface area (Å²) in [6.45, 7) is 8.91. The molecular weight excluding hydrogens is 352 g/mol. The van der Waals surface area contributed by atoms with E-state index in [0.717, 1.165) is 35.0 Å². The van der Waals surface area contributed by atoms with Crippen LogP contribution in [0.2, 0.25) is 0 Å². The smallest absolute Gasteiger partial charge is 0.319 e. The van der Waals surface area contributed by atoms with Gasteiger partial charge in [0, 0.05) is 10.3 Å². The van der Waals surface area contributed by atoms with E-state index in [1.165, 1.54) is 34.0 Å². The van der Waals surface area contributed by atoms with Crippen molar-refractivity contribution in [3.63, 3.8) is 0 Å². The number of ether oxygens (including phenoxy) is 1. The van der Waals surface area contributed by atoms with Gasteiger partial charge in [0.15, 0.2) is 0 Å². The molecule has 0 N–H and O–H groups in total. The number of aromatic nitrogens is 2. The number of aryl methyl sites for hydroxylation is 1. The molecule has 4 nitrogen and oxygen atoms in total. The number of fused-ring (bicyclic) bond motifs is 3. The fourth-order valence-electron chi connectivity index (χ4n) is 3.11. The van der Waals surface area contributed by atoms with Crippen LogP contribution in [0.4, 0.5) is 0 Å². The van der Waals surface area contributed by atoms with Crippen LogP contribution in [0.15, 0.2) is 11.4 Å². The molecule has 0 amide bonds. The molecule has 2 aromatic rings. The fraction of sp³-hybridized carbons (Fsp3) is 0.632. The second-order valence-electron chi connectivity index (χ2n) is 7.25. The van der Waals surface area contributed by atoms with Crippen LogP contribution in [0.3, 0.4) is 0 Å². The van der Waals surface area contributed by atoms with Crippen molar-refractivity contribution in [2.75, 3.05) is 6.61 Å². The van der Waals surface area contributed by atoms with Crippen molar-refractivity contribution in [3.8, 4) is 0 Å². The number of hydrogen-bond donors (Lipinski definition) is 0. The van der Waals surface area contributed by atoms with E-state index < -0.39 is 0 Å². The van der Waals surface area contributed by atoms with E-state index in [1.807, 2.05) is 20.8 Å². The Morgan fingerprint density at radius 3 is 2.96 bits per heavy atom. The van der Waals surface area contributed by atoms with Gasteiger partial charge in [0.05, 0.1) is 6.61 Å². The van der Waals surface area contributed by atoms with Crippen molar-refractivity contribution < 1.29 is 9.53 Å². The molecule has 2 aromatic heterocycles. The predicted octanol–water partition coefficient (Wildman–Crippen LogP) is 4.89. The van der Waals surface area contributed by atoms with Crippen molar-refractivity contribution in [1.29, 1.82) is 0 Å². The first-order valence-corrected chi connectivity index (χ1v) is 10.8. The van der Waals surface area contributed by atoms with E-state index in [9.17, 15) is 4.79 Å². The lowest BCUT2D eigenvalue weighted by atomic mass is 9.89. The van der Waals surface area contributed by atoms with Gasteiger partial charge in [-0.1, -0.05) is 39.5 Å². The third kappa shape index (κ3) is 4.17. The van der Waals surface area contributed by atoms with Gasteiger partial charge in [-0.05, 0) is 43.1 Å². The zero-order valence-electron chi connectivity index (χ0n) is 15.4. The van der Waals surface area contributed by atoms with Crippen molar-refractivity contribution in [2.24, 2.45) is 11.8 Å². The third-order valence-corrected chi connectivity index (χ3v) is 7.01. The van der Waals surface area contributed by atoms with E-state index in [0.29, 0.717) is 12.5 Å². The topological polar surface area (TPSA) is 52.1 Å². The molecular formula is C19H26N2O2S2. The number of hydrogen-bond acceptors (Lipinski definition) is 6. The number of esters is 1. The number of rotatable bonds is 6. The molecule has 0 aliphatic heterocycles. The Labute approximate surface area is 157 Å². The molecule has 25 heavy (non-hydrogen) atoms. The van der Waals surface area contributed by atoms with Gasteiger partial charge in [0.25, 0.3) is 0 Å². The van der Waals surface area contributed by atoms with Gasteiger partial charge >= 0.3 is 5.97 Å². The van der Waals surface area contributed by atoms with Crippen LogP contribution in [0, 0.1) is 11.8 Å². The van der Waals surface area contributed by atoms with E-state index in [4.69, 9.17) is 4.74 Å². The molecule has 0 saturated heterocycles. The molecule has 0 fully saturated rings. The largest absolute Gasteiger partial charge is 0.465 e. The van der Waals surface area contributed by atoms with Crippen LogP contribution in [0.25, 0.3) is 10.2 Å². The van der Waals surface area contributed by atoms with Crippen LogP contribution in [-0.4, -0.2) is 27.8 Å². The summed E-state index contributed by atoms with van der Waals surface area (Å²) in [5, 5.41) is 1.90. The standard InChI is InChI=1S/C19H26N2O2S2/c1-5-14(19(22)23-9-11(2)3)24-17-16-13-7-6-12(4)8-15(13)25-18(16)21-10-20-17/h10-12,14H,5-9H2,1-4H3. The number of carbonyl (C=O) groups is 1. The van der Waals surface area contributed by atoms with Crippen molar-refractivity contribution >= 4 is 39.3 Å². The second-order valence-corrected chi connectivity index (χ2v) is 9.52. The Bertz CT molecular complexity index is 757. The van der Waals surface area contributed by atoms with Gasteiger partial charge in [-0.15, -0.1) is 11.3 Å². The Balaban J connectivity index is 1.86.